The summed E-state index contributed by atoms with van der Waals surface area (Å²) in [6, 6.07) is 11.5. The summed E-state index contributed by atoms with van der Waals surface area (Å²) in [7, 11) is 0. The van der Waals surface area contributed by atoms with Gasteiger partial charge in [-0.25, -0.2) is 0 Å². The highest BCUT2D eigenvalue weighted by Gasteiger charge is 2.13. The first-order valence-corrected chi connectivity index (χ1v) is 7.75. The van der Waals surface area contributed by atoms with Gasteiger partial charge in [0.2, 0.25) is 0 Å². The third-order valence-corrected chi connectivity index (χ3v) is 4.09. The molecule has 0 unspecified atom stereocenters. The van der Waals surface area contributed by atoms with Crippen LogP contribution in [0.4, 0.5) is 5.69 Å². The molecule has 0 fully saturated rings. The van der Waals surface area contributed by atoms with Crippen LogP contribution in [0.25, 0.3) is 0 Å². The molecule has 108 valence electrons. The molecule has 1 aliphatic heterocycles. The van der Waals surface area contributed by atoms with E-state index in [-0.39, 0.29) is 5.78 Å². The Balaban J connectivity index is 1.68. The monoisotopic (exact) mass is 345 g/mol. The summed E-state index contributed by atoms with van der Waals surface area (Å²) in [5.74, 6) is 1.09. The van der Waals surface area contributed by atoms with Crippen molar-refractivity contribution in [2.45, 2.75) is 19.3 Å². The lowest BCUT2D eigenvalue weighted by Crippen LogP contribution is -2.02. The van der Waals surface area contributed by atoms with Crippen molar-refractivity contribution < 1.29 is 9.53 Å². The number of nitrogens with two attached hydrogens (primary N) is 1. The number of benzene rings is 2. The van der Waals surface area contributed by atoms with Crippen molar-refractivity contribution in [3.63, 3.8) is 0 Å². The predicted molar refractivity (Wildman–Crippen MR) is 86.8 cm³/mol. The molecule has 0 radical (unpaired) electrons. The van der Waals surface area contributed by atoms with Gasteiger partial charge in [-0.1, -0.05) is 28.1 Å². The van der Waals surface area contributed by atoms with Gasteiger partial charge in [-0.15, -0.1) is 0 Å². The molecule has 4 heteroatoms. The first kappa shape index (κ1) is 14.1. The minimum atomic E-state index is 0.111. The number of ether oxygens (including phenoxy) is 1. The summed E-state index contributed by atoms with van der Waals surface area (Å²) in [6.45, 7) is 0.759. The van der Waals surface area contributed by atoms with Gasteiger partial charge in [0.25, 0.3) is 0 Å². The zero-order valence-electron chi connectivity index (χ0n) is 11.6. The summed E-state index contributed by atoms with van der Waals surface area (Å²) in [4.78, 5) is 12.3. The Kier molecular flexibility index (Phi) is 3.97. The lowest BCUT2D eigenvalue weighted by Gasteiger charge is -2.05. The van der Waals surface area contributed by atoms with Crippen LogP contribution >= 0.6 is 15.9 Å². The molecule has 0 saturated heterocycles. The van der Waals surface area contributed by atoms with Crippen molar-refractivity contribution in [2.24, 2.45) is 0 Å². The molecule has 2 N–H and O–H groups in total. The largest absolute Gasteiger partial charge is 0.493 e. The van der Waals surface area contributed by atoms with E-state index in [4.69, 9.17) is 10.5 Å². The summed E-state index contributed by atoms with van der Waals surface area (Å²) in [6.07, 6.45) is 2.17. The topological polar surface area (TPSA) is 52.3 Å². The van der Waals surface area contributed by atoms with Gasteiger partial charge in [0, 0.05) is 28.6 Å². The third-order valence-electron chi connectivity index (χ3n) is 3.64. The standard InChI is InChI=1S/C17H16BrNO2/c18-14-8-13(9-15(19)10-14)16(20)3-1-11-2-4-17-12(7-11)5-6-21-17/h2,4,7-10H,1,3,5-6,19H2. The van der Waals surface area contributed by atoms with Crippen LogP contribution in [0.5, 0.6) is 5.75 Å². The number of hydrogen-bond acceptors (Lipinski definition) is 3. The van der Waals surface area contributed by atoms with Crippen LogP contribution < -0.4 is 10.5 Å². The quantitative estimate of drug-likeness (QED) is 0.677. The van der Waals surface area contributed by atoms with Crippen molar-refractivity contribution >= 4 is 27.4 Å². The van der Waals surface area contributed by atoms with Crippen LogP contribution in [-0.4, -0.2) is 12.4 Å². The molecule has 2 aromatic rings. The van der Waals surface area contributed by atoms with Gasteiger partial charge in [0.15, 0.2) is 5.78 Å². The zero-order chi connectivity index (χ0) is 14.8. The highest BCUT2D eigenvalue weighted by atomic mass is 79.9. The van der Waals surface area contributed by atoms with Crippen molar-refractivity contribution in [1.29, 1.82) is 0 Å². The van der Waals surface area contributed by atoms with E-state index in [9.17, 15) is 4.79 Å². The Labute approximate surface area is 132 Å². The van der Waals surface area contributed by atoms with E-state index < -0.39 is 0 Å². The maximum absolute atomic E-state index is 12.3. The van der Waals surface area contributed by atoms with Crippen LogP contribution in [0.2, 0.25) is 0 Å². The fourth-order valence-corrected chi connectivity index (χ4v) is 3.08. The molecule has 2 aromatic carbocycles. The van der Waals surface area contributed by atoms with E-state index in [1.165, 1.54) is 11.1 Å². The second-order valence-corrected chi connectivity index (χ2v) is 6.15. The molecule has 0 aromatic heterocycles. The first-order valence-electron chi connectivity index (χ1n) is 6.96. The maximum atomic E-state index is 12.3. The Hall–Kier alpha value is -1.81. The molecule has 0 saturated carbocycles. The fraction of sp³-hybridized carbons (Fsp3) is 0.235. The summed E-state index contributed by atoms with van der Waals surface area (Å²) in [5.41, 5.74) is 9.45. The third kappa shape index (κ3) is 3.27. The van der Waals surface area contributed by atoms with Crippen molar-refractivity contribution in [3.05, 3.63) is 57.6 Å². The first-order chi connectivity index (χ1) is 10.1. The fourth-order valence-electron chi connectivity index (χ4n) is 2.57. The van der Waals surface area contributed by atoms with Gasteiger partial charge in [-0.3, -0.25) is 4.79 Å². The van der Waals surface area contributed by atoms with Crippen LogP contribution in [0.1, 0.15) is 27.9 Å². The number of rotatable bonds is 4. The van der Waals surface area contributed by atoms with Gasteiger partial charge in [0.05, 0.1) is 6.61 Å². The number of Topliss-reactive ketones (excluding diaryl/α,β-unsaturated/α-hetero) is 1. The highest BCUT2D eigenvalue weighted by Crippen LogP contribution is 2.26. The number of ketones is 1. The SMILES string of the molecule is Nc1cc(Br)cc(C(=O)CCc2ccc3c(c2)CCO3)c1. The Bertz CT molecular complexity index is 677. The van der Waals surface area contributed by atoms with Gasteiger partial charge in [-0.05, 0) is 41.8 Å². The van der Waals surface area contributed by atoms with E-state index >= 15 is 0 Å². The molecule has 3 nitrogen and oxygen atoms in total. The van der Waals surface area contributed by atoms with E-state index in [0.29, 0.717) is 17.7 Å². The molecular formula is C17H16BrNO2. The number of nitrogen functional groups attached to an aromatic ring is 1. The lowest BCUT2D eigenvalue weighted by atomic mass is 10.0. The van der Waals surface area contributed by atoms with Gasteiger partial charge >= 0.3 is 0 Å². The number of carbonyl (C=O) groups excluding carboxylic acids is 1. The number of aryl methyl sites for hydroxylation is 1. The van der Waals surface area contributed by atoms with E-state index in [2.05, 4.69) is 22.0 Å². The van der Waals surface area contributed by atoms with E-state index in [1.807, 2.05) is 18.2 Å². The minimum absolute atomic E-state index is 0.111. The van der Waals surface area contributed by atoms with Crippen LogP contribution in [0, 0.1) is 0 Å². The molecule has 0 spiro atoms. The number of fused-ring (bicyclic) bond motifs is 1. The number of hydrogen-bond donors (Lipinski definition) is 1. The molecule has 3 rings (SSSR count). The van der Waals surface area contributed by atoms with E-state index in [1.54, 1.807) is 12.1 Å². The van der Waals surface area contributed by atoms with Crippen molar-refractivity contribution in [3.8, 4) is 5.75 Å². The van der Waals surface area contributed by atoms with Gasteiger partial charge in [-0.2, -0.15) is 0 Å². The molecular weight excluding hydrogens is 330 g/mol. The number of carbonyl (C=O) groups is 1. The number of halogens is 1. The molecule has 0 amide bonds. The Morgan fingerprint density at radius 2 is 2.10 bits per heavy atom. The zero-order valence-corrected chi connectivity index (χ0v) is 13.2. The molecule has 1 heterocycles. The summed E-state index contributed by atoms with van der Waals surface area (Å²) < 4.78 is 6.32. The van der Waals surface area contributed by atoms with Crippen molar-refractivity contribution in [1.82, 2.24) is 0 Å². The van der Waals surface area contributed by atoms with E-state index in [0.717, 1.165) is 29.7 Å². The average molecular weight is 346 g/mol. The molecule has 1 aliphatic rings. The van der Waals surface area contributed by atoms with Crippen molar-refractivity contribution in [2.75, 3.05) is 12.3 Å². The second kappa shape index (κ2) is 5.90. The normalized spacial score (nSPS) is 12.8. The highest BCUT2D eigenvalue weighted by molar-refractivity contribution is 9.10. The van der Waals surface area contributed by atoms with Crippen LogP contribution in [0.3, 0.4) is 0 Å². The van der Waals surface area contributed by atoms with Crippen LogP contribution in [0.15, 0.2) is 40.9 Å². The molecule has 0 atom stereocenters. The summed E-state index contributed by atoms with van der Waals surface area (Å²) in [5, 5.41) is 0. The molecule has 0 aliphatic carbocycles. The smallest absolute Gasteiger partial charge is 0.163 e. The molecule has 0 bridgehead atoms. The molecule has 21 heavy (non-hydrogen) atoms. The Morgan fingerprint density at radius 3 is 2.90 bits per heavy atom. The van der Waals surface area contributed by atoms with Gasteiger partial charge in [0.1, 0.15) is 5.75 Å². The summed E-state index contributed by atoms with van der Waals surface area (Å²) >= 11 is 3.36. The Morgan fingerprint density at radius 1 is 1.24 bits per heavy atom. The van der Waals surface area contributed by atoms with Crippen LogP contribution in [-0.2, 0) is 12.8 Å². The minimum Gasteiger partial charge on any atom is -0.493 e. The second-order valence-electron chi connectivity index (χ2n) is 5.24. The van der Waals surface area contributed by atoms with Gasteiger partial charge < -0.3 is 10.5 Å². The maximum Gasteiger partial charge on any atom is 0.163 e. The predicted octanol–water partition coefficient (Wildman–Crippen LogP) is 3.78. The average Bonchev–Trinajstić information content (AvgIpc) is 2.91. The number of anilines is 1. The lowest BCUT2D eigenvalue weighted by molar-refractivity contribution is 0.0983.